The molecule has 0 aliphatic rings. The predicted octanol–water partition coefficient (Wildman–Crippen LogP) is 2.98. The van der Waals surface area contributed by atoms with Crippen molar-refractivity contribution in [2.45, 2.75) is 26.7 Å². The molecular formula is C22H23F2N3O5. The minimum Gasteiger partial charge on any atom is -0.456 e. The predicted molar refractivity (Wildman–Crippen MR) is 112 cm³/mol. The number of imide groups is 1. The number of rotatable bonds is 8. The number of hydrogen-bond donors (Lipinski definition) is 3. The highest BCUT2D eigenvalue weighted by Crippen LogP contribution is 2.14. The van der Waals surface area contributed by atoms with Crippen LogP contribution in [0, 0.1) is 25.5 Å². The van der Waals surface area contributed by atoms with Crippen LogP contribution in [0.1, 0.15) is 34.3 Å². The lowest BCUT2D eigenvalue weighted by Crippen LogP contribution is -2.37. The van der Waals surface area contributed by atoms with Gasteiger partial charge in [0.25, 0.3) is 11.8 Å². The number of aryl methyl sites for hydroxylation is 2. The van der Waals surface area contributed by atoms with Crippen LogP contribution < -0.4 is 16.0 Å². The van der Waals surface area contributed by atoms with E-state index in [4.69, 9.17) is 4.74 Å². The first kappa shape index (κ1) is 24.4. The molecule has 0 spiro atoms. The van der Waals surface area contributed by atoms with Gasteiger partial charge in [-0.2, -0.15) is 0 Å². The van der Waals surface area contributed by atoms with Crippen molar-refractivity contribution < 1.29 is 32.7 Å². The van der Waals surface area contributed by atoms with Crippen molar-refractivity contribution in [3.63, 3.8) is 0 Å². The third kappa shape index (κ3) is 7.78. The molecule has 2 aromatic rings. The summed E-state index contributed by atoms with van der Waals surface area (Å²) in [5.41, 5.74) is 2.23. The van der Waals surface area contributed by atoms with E-state index in [0.717, 1.165) is 23.3 Å². The summed E-state index contributed by atoms with van der Waals surface area (Å²) in [6.45, 7) is 3.20. The van der Waals surface area contributed by atoms with E-state index < -0.39 is 42.1 Å². The zero-order valence-corrected chi connectivity index (χ0v) is 17.6. The molecule has 0 unspecified atom stereocenters. The summed E-state index contributed by atoms with van der Waals surface area (Å²) in [6, 6.07) is 7.08. The number of nitrogens with one attached hydrogen (secondary N) is 3. The molecule has 10 heteroatoms. The Hall–Kier alpha value is -3.82. The standard InChI is InChI=1S/C22H23F2N3O5/c1-13-5-7-16(10-14(13)2)26-22(31)27-19(28)12-32-20(29)4-3-9-25-21(30)17-8-6-15(23)11-18(17)24/h5-8,10-11H,3-4,9,12H2,1-2H3,(H,25,30)(H2,26,27,28,31). The third-order valence-corrected chi connectivity index (χ3v) is 4.40. The van der Waals surface area contributed by atoms with Crippen LogP contribution in [-0.4, -0.2) is 37.0 Å². The molecule has 0 radical (unpaired) electrons. The van der Waals surface area contributed by atoms with Crippen LogP contribution in [0.15, 0.2) is 36.4 Å². The molecule has 0 aromatic heterocycles. The van der Waals surface area contributed by atoms with Gasteiger partial charge in [-0.1, -0.05) is 6.07 Å². The average molecular weight is 447 g/mol. The van der Waals surface area contributed by atoms with E-state index in [1.165, 1.54) is 0 Å². The highest BCUT2D eigenvalue weighted by Gasteiger charge is 2.14. The first-order chi connectivity index (χ1) is 15.2. The summed E-state index contributed by atoms with van der Waals surface area (Å²) in [4.78, 5) is 47.1. The Labute approximate surface area is 183 Å². The van der Waals surface area contributed by atoms with Gasteiger partial charge in [-0.05, 0) is 55.7 Å². The molecule has 0 aliphatic heterocycles. The molecule has 3 N–H and O–H groups in total. The number of urea groups is 1. The SMILES string of the molecule is Cc1ccc(NC(=O)NC(=O)COC(=O)CCCNC(=O)c2ccc(F)cc2F)cc1C. The van der Waals surface area contributed by atoms with Gasteiger partial charge in [-0.3, -0.25) is 19.7 Å². The van der Waals surface area contributed by atoms with E-state index >= 15 is 0 Å². The van der Waals surface area contributed by atoms with Gasteiger partial charge < -0.3 is 15.4 Å². The van der Waals surface area contributed by atoms with Gasteiger partial charge in [0.05, 0.1) is 5.56 Å². The Kier molecular flexibility index (Phi) is 8.82. The fraction of sp³-hybridized carbons (Fsp3) is 0.273. The van der Waals surface area contributed by atoms with E-state index in [0.29, 0.717) is 11.8 Å². The van der Waals surface area contributed by atoms with Crippen molar-refractivity contribution in [2.75, 3.05) is 18.5 Å². The van der Waals surface area contributed by atoms with Gasteiger partial charge in [0.15, 0.2) is 6.61 Å². The molecule has 0 atom stereocenters. The lowest BCUT2D eigenvalue weighted by molar-refractivity contribution is -0.148. The molecule has 4 amide bonds. The normalized spacial score (nSPS) is 10.2. The average Bonchev–Trinajstić information content (AvgIpc) is 2.72. The highest BCUT2D eigenvalue weighted by molar-refractivity contribution is 6.01. The van der Waals surface area contributed by atoms with E-state index in [1.807, 2.05) is 25.2 Å². The lowest BCUT2D eigenvalue weighted by atomic mass is 10.1. The van der Waals surface area contributed by atoms with Gasteiger partial charge >= 0.3 is 12.0 Å². The smallest absolute Gasteiger partial charge is 0.325 e. The summed E-state index contributed by atoms with van der Waals surface area (Å²) in [6.07, 6.45) is 0.0521. The number of benzene rings is 2. The maximum absolute atomic E-state index is 13.5. The van der Waals surface area contributed by atoms with Gasteiger partial charge in [-0.15, -0.1) is 0 Å². The summed E-state index contributed by atoms with van der Waals surface area (Å²) in [5.74, 6) is -4.05. The van der Waals surface area contributed by atoms with Gasteiger partial charge in [-0.25, -0.2) is 13.6 Å². The molecule has 0 fully saturated rings. The molecule has 2 aromatic carbocycles. The van der Waals surface area contributed by atoms with Crippen LogP contribution in [0.2, 0.25) is 0 Å². The van der Waals surface area contributed by atoms with Crippen LogP contribution in [0.5, 0.6) is 0 Å². The molecular weight excluding hydrogens is 424 g/mol. The molecule has 2 rings (SSSR count). The molecule has 0 saturated carbocycles. The van der Waals surface area contributed by atoms with Crippen molar-refractivity contribution in [2.24, 2.45) is 0 Å². The zero-order valence-electron chi connectivity index (χ0n) is 17.6. The molecule has 0 bridgehead atoms. The monoisotopic (exact) mass is 447 g/mol. The number of halogens is 2. The summed E-state index contributed by atoms with van der Waals surface area (Å²) in [7, 11) is 0. The second-order valence-corrected chi connectivity index (χ2v) is 6.95. The van der Waals surface area contributed by atoms with Crippen molar-refractivity contribution in [1.29, 1.82) is 0 Å². The molecule has 0 aliphatic carbocycles. The molecule has 170 valence electrons. The van der Waals surface area contributed by atoms with E-state index in [-0.39, 0.29) is 24.9 Å². The molecule has 8 nitrogen and oxygen atoms in total. The zero-order chi connectivity index (χ0) is 23.7. The number of carbonyl (C=O) groups is 4. The maximum atomic E-state index is 13.5. The van der Waals surface area contributed by atoms with Crippen LogP contribution in [-0.2, 0) is 14.3 Å². The number of ether oxygens (including phenoxy) is 1. The molecule has 0 heterocycles. The maximum Gasteiger partial charge on any atom is 0.325 e. The number of esters is 1. The third-order valence-electron chi connectivity index (χ3n) is 4.40. The van der Waals surface area contributed by atoms with Crippen LogP contribution in [0.25, 0.3) is 0 Å². The van der Waals surface area contributed by atoms with Crippen molar-refractivity contribution in [3.8, 4) is 0 Å². The van der Waals surface area contributed by atoms with E-state index in [2.05, 4.69) is 10.6 Å². The van der Waals surface area contributed by atoms with Crippen LogP contribution >= 0.6 is 0 Å². The minimum atomic E-state index is -0.991. The topological polar surface area (TPSA) is 114 Å². The van der Waals surface area contributed by atoms with Crippen molar-refractivity contribution >= 4 is 29.5 Å². The lowest BCUT2D eigenvalue weighted by Gasteiger charge is -2.09. The largest absolute Gasteiger partial charge is 0.456 e. The number of hydrogen-bond acceptors (Lipinski definition) is 5. The first-order valence-corrected chi connectivity index (χ1v) is 9.72. The number of carbonyl (C=O) groups excluding carboxylic acids is 4. The summed E-state index contributed by atoms with van der Waals surface area (Å²) in [5, 5.41) is 6.94. The Bertz CT molecular complexity index is 1030. The number of amides is 4. The summed E-state index contributed by atoms with van der Waals surface area (Å²) >= 11 is 0. The highest BCUT2D eigenvalue weighted by atomic mass is 19.1. The molecule has 32 heavy (non-hydrogen) atoms. The van der Waals surface area contributed by atoms with Crippen LogP contribution in [0.3, 0.4) is 0 Å². The Morgan fingerprint density at radius 1 is 0.969 bits per heavy atom. The molecule has 0 saturated heterocycles. The van der Waals surface area contributed by atoms with Gasteiger partial charge in [0.1, 0.15) is 11.6 Å². The first-order valence-electron chi connectivity index (χ1n) is 9.72. The van der Waals surface area contributed by atoms with Crippen molar-refractivity contribution in [3.05, 3.63) is 64.7 Å². The second-order valence-electron chi connectivity index (χ2n) is 6.95. The van der Waals surface area contributed by atoms with Gasteiger partial charge in [0.2, 0.25) is 0 Å². The Balaban J connectivity index is 1.63. The summed E-state index contributed by atoms with van der Waals surface area (Å²) < 4.78 is 31.1. The Morgan fingerprint density at radius 2 is 1.72 bits per heavy atom. The fourth-order valence-corrected chi connectivity index (χ4v) is 2.57. The quantitative estimate of drug-likeness (QED) is 0.425. The van der Waals surface area contributed by atoms with Crippen molar-refractivity contribution in [1.82, 2.24) is 10.6 Å². The Morgan fingerprint density at radius 3 is 2.41 bits per heavy atom. The van der Waals surface area contributed by atoms with E-state index in [1.54, 1.807) is 12.1 Å². The van der Waals surface area contributed by atoms with Crippen LogP contribution in [0.4, 0.5) is 19.3 Å². The second kappa shape index (κ2) is 11.5. The minimum absolute atomic E-state index is 0.0370. The van der Waals surface area contributed by atoms with Gasteiger partial charge in [0, 0.05) is 24.7 Å². The number of anilines is 1. The fourth-order valence-electron chi connectivity index (χ4n) is 2.57. The van der Waals surface area contributed by atoms with E-state index in [9.17, 15) is 28.0 Å².